The molecule has 3 rings (SSSR count). The Bertz CT molecular complexity index is 737. The molecule has 2 heterocycles. The molecule has 102 valence electrons. The Kier molecular flexibility index (Phi) is 3.56. The summed E-state index contributed by atoms with van der Waals surface area (Å²) in [7, 11) is 0. The highest BCUT2D eigenvalue weighted by atomic mass is 79.9. The zero-order chi connectivity index (χ0) is 13.9. The standard InChI is InChI=1S/C14H14BrN5/c15-13-3-1-2-12-11(13)4-5-17-14(12)18-6-7-20-9-10(16)8-19-20/h1-5,8-9H,6-7,16H2,(H,17,18). The minimum absolute atomic E-state index is 0.678. The van der Waals surface area contributed by atoms with Crippen LogP contribution in [0, 0.1) is 0 Å². The van der Waals surface area contributed by atoms with Gasteiger partial charge in [0, 0.05) is 34.2 Å². The molecule has 3 N–H and O–H groups in total. The minimum Gasteiger partial charge on any atom is -0.396 e. The third kappa shape index (κ3) is 2.60. The van der Waals surface area contributed by atoms with Crippen LogP contribution in [0.1, 0.15) is 0 Å². The van der Waals surface area contributed by atoms with Crippen LogP contribution in [0.4, 0.5) is 11.5 Å². The number of anilines is 2. The number of nitrogens with two attached hydrogens (primary N) is 1. The van der Waals surface area contributed by atoms with Gasteiger partial charge in [0.25, 0.3) is 0 Å². The van der Waals surface area contributed by atoms with Crippen molar-refractivity contribution in [1.29, 1.82) is 0 Å². The van der Waals surface area contributed by atoms with Gasteiger partial charge in [0.1, 0.15) is 5.82 Å². The van der Waals surface area contributed by atoms with E-state index in [4.69, 9.17) is 5.73 Å². The molecule has 0 aliphatic rings. The van der Waals surface area contributed by atoms with Gasteiger partial charge in [0.15, 0.2) is 0 Å². The third-order valence-electron chi connectivity index (χ3n) is 3.04. The lowest BCUT2D eigenvalue weighted by Gasteiger charge is -2.09. The summed E-state index contributed by atoms with van der Waals surface area (Å²) in [5, 5.41) is 9.73. The SMILES string of the molecule is Nc1cnn(CCNc2nccc3c(Br)cccc23)c1. The summed E-state index contributed by atoms with van der Waals surface area (Å²) in [5.41, 5.74) is 6.31. The smallest absolute Gasteiger partial charge is 0.133 e. The first-order valence-electron chi connectivity index (χ1n) is 6.29. The first-order valence-corrected chi connectivity index (χ1v) is 7.08. The number of benzene rings is 1. The second kappa shape index (κ2) is 5.50. The van der Waals surface area contributed by atoms with Crippen molar-refractivity contribution in [2.75, 3.05) is 17.6 Å². The van der Waals surface area contributed by atoms with Gasteiger partial charge in [-0.1, -0.05) is 28.1 Å². The van der Waals surface area contributed by atoms with Gasteiger partial charge in [-0.3, -0.25) is 4.68 Å². The second-order valence-electron chi connectivity index (χ2n) is 4.46. The molecule has 0 saturated heterocycles. The lowest BCUT2D eigenvalue weighted by molar-refractivity contribution is 0.637. The summed E-state index contributed by atoms with van der Waals surface area (Å²) < 4.78 is 2.88. The summed E-state index contributed by atoms with van der Waals surface area (Å²) in [6.07, 6.45) is 5.27. The van der Waals surface area contributed by atoms with Crippen LogP contribution in [0.15, 0.2) is 47.3 Å². The Morgan fingerprint density at radius 1 is 1.25 bits per heavy atom. The third-order valence-corrected chi connectivity index (χ3v) is 3.73. The van der Waals surface area contributed by atoms with E-state index in [2.05, 4.69) is 37.4 Å². The van der Waals surface area contributed by atoms with Crippen LogP contribution < -0.4 is 11.1 Å². The molecule has 0 unspecified atom stereocenters. The predicted octanol–water partition coefficient (Wildman–Crippen LogP) is 2.89. The molecule has 0 radical (unpaired) electrons. The Balaban J connectivity index is 1.76. The van der Waals surface area contributed by atoms with Gasteiger partial charge in [0.05, 0.1) is 18.4 Å². The van der Waals surface area contributed by atoms with Crippen LogP contribution >= 0.6 is 15.9 Å². The molecule has 0 aliphatic carbocycles. The van der Waals surface area contributed by atoms with E-state index in [1.54, 1.807) is 12.4 Å². The Morgan fingerprint density at radius 3 is 2.95 bits per heavy atom. The highest BCUT2D eigenvalue weighted by Gasteiger charge is 2.04. The molecule has 6 heteroatoms. The molecule has 0 amide bonds. The van der Waals surface area contributed by atoms with Crippen molar-refractivity contribution in [2.45, 2.75) is 6.54 Å². The zero-order valence-corrected chi connectivity index (χ0v) is 12.3. The lowest BCUT2D eigenvalue weighted by Crippen LogP contribution is -2.11. The fourth-order valence-electron chi connectivity index (χ4n) is 2.10. The van der Waals surface area contributed by atoms with Crippen molar-refractivity contribution in [3.63, 3.8) is 0 Å². The average Bonchev–Trinajstić information content (AvgIpc) is 2.86. The fraction of sp³-hybridized carbons (Fsp3) is 0.143. The predicted molar refractivity (Wildman–Crippen MR) is 84.6 cm³/mol. The number of pyridine rings is 1. The molecule has 2 aromatic heterocycles. The topological polar surface area (TPSA) is 68.8 Å². The van der Waals surface area contributed by atoms with E-state index in [1.165, 1.54) is 0 Å². The summed E-state index contributed by atoms with van der Waals surface area (Å²) >= 11 is 3.56. The summed E-state index contributed by atoms with van der Waals surface area (Å²) in [6, 6.07) is 8.09. The molecule has 0 saturated carbocycles. The summed E-state index contributed by atoms with van der Waals surface area (Å²) in [6.45, 7) is 1.48. The molecular formula is C14H14BrN5. The number of rotatable bonds is 4. The maximum Gasteiger partial charge on any atom is 0.133 e. The number of aromatic nitrogens is 3. The van der Waals surface area contributed by atoms with E-state index < -0.39 is 0 Å². The van der Waals surface area contributed by atoms with Gasteiger partial charge in [-0.15, -0.1) is 0 Å². The van der Waals surface area contributed by atoms with Crippen molar-refractivity contribution >= 4 is 38.2 Å². The van der Waals surface area contributed by atoms with Crippen LogP contribution in [-0.2, 0) is 6.54 Å². The monoisotopic (exact) mass is 331 g/mol. The van der Waals surface area contributed by atoms with E-state index in [-0.39, 0.29) is 0 Å². The minimum atomic E-state index is 0.678. The second-order valence-corrected chi connectivity index (χ2v) is 5.31. The first-order chi connectivity index (χ1) is 9.74. The average molecular weight is 332 g/mol. The summed E-state index contributed by atoms with van der Waals surface area (Å²) in [4.78, 5) is 4.40. The van der Waals surface area contributed by atoms with Crippen molar-refractivity contribution in [2.24, 2.45) is 0 Å². The fourth-order valence-corrected chi connectivity index (χ4v) is 2.60. The van der Waals surface area contributed by atoms with E-state index in [9.17, 15) is 0 Å². The van der Waals surface area contributed by atoms with Crippen LogP contribution in [0.25, 0.3) is 10.8 Å². The van der Waals surface area contributed by atoms with Gasteiger partial charge >= 0.3 is 0 Å². The number of fused-ring (bicyclic) bond motifs is 1. The van der Waals surface area contributed by atoms with Gasteiger partial charge in [-0.05, 0) is 12.1 Å². The normalized spacial score (nSPS) is 10.8. The highest BCUT2D eigenvalue weighted by Crippen LogP contribution is 2.27. The molecule has 5 nitrogen and oxygen atoms in total. The van der Waals surface area contributed by atoms with Crippen LogP contribution in [-0.4, -0.2) is 21.3 Å². The Labute approximate surface area is 124 Å². The van der Waals surface area contributed by atoms with Crippen molar-refractivity contribution in [1.82, 2.24) is 14.8 Å². The van der Waals surface area contributed by atoms with E-state index >= 15 is 0 Å². The Morgan fingerprint density at radius 2 is 2.15 bits per heavy atom. The number of nitrogens with zero attached hydrogens (tertiary/aromatic N) is 3. The number of nitrogens with one attached hydrogen (secondary N) is 1. The van der Waals surface area contributed by atoms with Crippen LogP contribution in [0.5, 0.6) is 0 Å². The zero-order valence-electron chi connectivity index (χ0n) is 10.8. The number of hydrogen-bond donors (Lipinski definition) is 2. The van der Waals surface area contributed by atoms with E-state index in [0.717, 1.165) is 34.2 Å². The van der Waals surface area contributed by atoms with Gasteiger partial charge in [0.2, 0.25) is 0 Å². The largest absolute Gasteiger partial charge is 0.396 e. The quantitative estimate of drug-likeness (QED) is 0.771. The molecule has 0 atom stereocenters. The number of hydrogen-bond acceptors (Lipinski definition) is 4. The van der Waals surface area contributed by atoms with Gasteiger partial charge in [-0.2, -0.15) is 5.10 Å². The van der Waals surface area contributed by atoms with Crippen molar-refractivity contribution < 1.29 is 0 Å². The lowest BCUT2D eigenvalue weighted by atomic mass is 10.1. The highest BCUT2D eigenvalue weighted by molar-refractivity contribution is 9.10. The van der Waals surface area contributed by atoms with Crippen LogP contribution in [0.2, 0.25) is 0 Å². The molecule has 0 aliphatic heterocycles. The molecule has 1 aromatic carbocycles. The van der Waals surface area contributed by atoms with Crippen LogP contribution in [0.3, 0.4) is 0 Å². The first kappa shape index (κ1) is 12.9. The van der Waals surface area contributed by atoms with Crippen molar-refractivity contribution in [3.8, 4) is 0 Å². The van der Waals surface area contributed by atoms with Gasteiger partial charge < -0.3 is 11.1 Å². The van der Waals surface area contributed by atoms with Crippen molar-refractivity contribution in [3.05, 3.63) is 47.3 Å². The molecule has 0 spiro atoms. The number of nitrogen functional groups attached to an aromatic ring is 1. The molecule has 0 bridgehead atoms. The Hall–Kier alpha value is -2.08. The van der Waals surface area contributed by atoms with E-state index in [0.29, 0.717) is 5.69 Å². The molecule has 3 aromatic rings. The van der Waals surface area contributed by atoms with E-state index in [1.807, 2.05) is 29.1 Å². The maximum absolute atomic E-state index is 5.63. The molecule has 20 heavy (non-hydrogen) atoms. The summed E-state index contributed by atoms with van der Waals surface area (Å²) in [5.74, 6) is 0.879. The number of halogens is 1. The molecular weight excluding hydrogens is 318 g/mol. The maximum atomic E-state index is 5.63. The van der Waals surface area contributed by atoms with Gasteiger partial charge in [-0.25, -0.2) is 4.98 Å². The molecule has 0 fully saturated rings.